The average Bonchev–Trinajstić information content (AvgIpc) is 3.00. The average molecular weight is 358 g/mol. The smallest absolute Gasteiger partial charge is 0.326 e. The lowest BCUT2D eigenvalue weighted by molar-refractivity contribution is -0.141. The highest BCUT2D eigenvalue weighted by molar-refractivity contribution is 5.87. The van der Waals surface area contributed by atoms with Crippen molar-refractivity contribution in [2.24, 2.45) is 0 Å². The zero-order chi connectivity index (χ0) is 18.7. The normalized spacial score (nSPS) is 12.1. The minimum absolute atomic E-state index is 0.000123. The first-order chi connectivity index (χ1) is 12.4. The number of hydrogen-bond acceptors (Lipinski definition) is 2. The fourth-order valence-corrected chi connectivity index (χ4v) is 2.80. The highest BCUT2D eigenvalue weighted by Gasteiger charge is 2.22. The molecule has 0 bridgehead atoms. The van der Waals surface area contributed by atoms with E-state index in [0.29, 0.717) is 6.07 Å². The molecule has 1 aromatic heterocycles. The van der Waals surface area contributed by atoms with Crippen molar-refractivity contribution in [2.45, 2.75) is 18.9 Å². The van der Waals surface area contributed by atoms with Crippen LogP contribution in [0.5, 0.6) is 0 Å². The Balaban J connectivity index is 1.72. The highest BCUT2D eigenvalue weighted by Crippen LogP contribution is 2.19. The molecule has 1 heterocycles. The van der Waals surface area contributed by atoms with Crippen molar-refractivity contribution >= 4 is 22.8 Å². The topological polar surface area (TPSA) is 82.2 Å². The van der Waals surface area contributed by atoms with E-state index < -0.39 is 29.6 Å². The van der Waals surface area contributed by atoms with Gasteiger partial charge in [0.2, 0.25) is 5.91 Å². The predicted molar refractivity (Wildman–Crippen MR) is 91.6 cm³/mol. The Hall–Kier alpha value is -3.22. The standard InChI is InChI=1S/C19H16F2N2O3/c20-13-6-5-11(15(21)9-13)8-18(24)23-17(19(25)26)7-12-10-22-16-4-2-1-3-14(12)16/h1-6,9-10,17,22H,7-8H2,(H,23,24)(H,25,26)/t17-/m0/s1. The number of rotatable bonds is 6. The number of aromatic amines is 1. The van der Waals surface area contributed by atoms with Crippen molar-refractivity contribution in [3.63, 3.8) is 0 Å². The summed E-state index contributed by atoms with van der Waals surface area (Å²) < 4.78 is 26.6. The maximum absolute atomic E-state index is 13.6. The number of carbonyl (C=O) groups is 2. The molecule has 0 spiro atoms. The summed E-state index contributed by atoms with van der Waals surface area (Å²) >= 11 is 0. The summed E-state index contributed by atoms with van der Waals surface area (Å²) in [6.07, 6.45) is 1.41. The minimum Gasteiger partial charge on any atom is -0.480 e. The monoisotopic (exact) mass is 358 g/mol. The Morgan fingerprint density at radius 1 is 1.12 bits per heavy atom. The Labute approximate surface area is 147 Å². The molecule has 1 amide bonds. The van der Waals surface area contributed by atoms with Crippen LogP contribution in [0.4, 0.5) is 8.78 Å². The zero-order valence-electron chi connectivity index (χ0n) is 13.6. The van der Waals surface area contributed by atoms with Gasteiger partial charge in [-0.1, -0.05) is 24.3 Å². The van der Waals surface area contributed by atoms with Gasteiger partial charge >= 0.3 is 5.97 Å². The number of halogens is 2. The third-order valence-corrected chi connectivity index (χ3v) is 4.10. The summed E-state index contributed by atoms with van der Waals surface area (Å²) in [5.41, 5.74) is 1.62. The maximum Gasteiger partial charge on any atom is 0.326 e. The van der Waals surface area contributed by atoms with E-state index in [1.54, 1.807) is 6.20 Å². The Morgan fingerprint density at radius 2 is 1.88 bits per heavy atom. The van der Waals surface area contributed by atoms with Gasteiger partial charge < -0.3 is 15.4 Å². The number of aliphatic carboxylic acids is 1. The van der Waals surface area contributed by atoms with Crippen LogP contribution in [-0.2, 0) is 22.4 Å². The molecule has 0 saturated carbocycles. The van der Waals surface area contributed by atoms with Crippen molar-refractivity contribution in [3.05, 3.63) is 71.4 Å². The van der Waals surface area contributed by atoms with Crippen molar-refractivity contribution < 1.29 is 23.5 Å². The van der Waals surface area contributed by atoms with Crippen molar-refractivity contribution in [1.29, 1.82) is 0 Å². The second-order valence-corrected chi connectivity index (χ2v) is 5.93. The summed E-state index contributed by atoms with van der Waals surface area (Å²) in [5.74, 6) is -3.43. The lowest BCUT2D eigenvalue weighted by Gasteiger charge is -2.14. The number of carbonyl (C=O) groups excluding carboxylic acids is 1. The van der Waals surface area contributed by atoms with Gasteiger partial charge in [-0.25, -0.2) is 13.6 Å². The Morgan fingerprint density at radius 3 is 2.62 bits per heavy atom. The van der Waals surface area contributed by atoms with E-state index in [4.69, 9.17) is 0 Å². The van der Waals surface area contributed by atoms with Crippen molar-refractivity contribution in [1.82, 2.24) is 10.3 Å². The largest absolute Gasteiger partial charge is 0.480 e. The molecular formula is C19H16F2N2O3. The van der Waals surface area contributed by atoms with Gasteiger partial charge in [0.05, 0.1) is 6.42 Å². The van der Waals surface area contributed by atoms with Gasteiger partial charge in [-0.2, -0.15) is 0 Å². The van der Waals surface area contributed by atoms with Gasteiger partial charge in [0.15, 0.2) is 0 Å². The second kappa shape index (κ2) is 7.35. The van der Waals surface area contributed by atoms with Gasteiger partial charge in [0, 0.05) is 29.6 Å². The van der Waals surface area contributed by atoms with Gasteiger partial charge in [0.25, 0.3) is 0 Å². The highest BCUT2D eigenvalue weighted by atomic mass is 19.1. The number of carboxylic acid groups (broad SMARTS) is 1. The number of para-hydroxylation sites is 1. The molecule has 3 rings (SSSR count). The Bertz CT molecular complexity index is 968. The second-order valence-electron chi connectivity index (χ2n) is 5.93. The first kappa shape index (κ1) is 17.6. The molecule has 134 valence electrons. The van der Waals surface area contributed by atoms with Gasteiger partial charge in [-0.15, -0.1) is 0 Å². The van der Waals surface area contributed by atoms with Crippen LogP contribution < -0.4 is 5.32 Å². The van der Waals surface area contributed by atoms with E-state index in [9.17, 15) is 23.5 Å². The molecule has 0 radical (unpaired) electrons. The number of carboxylic acids is 1. The zero-order valence-corrected chi connectivity index (χ0v) is 13.6. The molecule has 5 nitrogen and oxygen atoms in total. The van der Waals surface area contributed by atoms with E-state index >= 15 is 0 Å². The number of hydrogen-bond donors (Lipinski definition) is 3. The van der Waals surface area contributed by atoms with Crippen LogP contribution >= 0.6 is 0 Å². The molecule has 0 aliphatic heterocycles. The van der Waals surface area contributed by atoms with Gasteiger partial charge in [0.1, 0.15) is 17.7 Å². The lowest BCUT2D eigenvalue weighted by Crippen LogP contribution is -2.43. The number of fused-ring (bicyclic) bond motifs is 1. The van der Waals surface area contributed by atoms with Crippen LogP contribution in [0.3, 0.4) is 0 Å². The molecule has 0 saturated heterocycles. The molecule has 7 heteroatoms. The van der Waals surface area contributed by atoms with E-state index in [1.807, 2.05) is 24.3 Å². The summed E-state index contributed by atoms with van der Waals surface area (Å²) in [7, 11) is 0. The molecule has 1 atom stereocenters. The van der Waals surface area contributed by atoms with Crippen LogP contribution in [-0.4, -0.2) is 28.0 Å². The third-order valence-electron chi connectivity index (χ3n) is 4.10. The molecule has 0 aliphatic carbocycles. The molecule has 0 fully saturated rings. The quantitative estimate of drug-likeness (QED) is 0.634. The predicted octanol–water partition coefficient (Wildman–Crippen LogP) is 2.80. The van der Waals surface area contributed by atoms with Crippen LogP contribution in [0.15, 0.2) is 48.7 Å². The number of nitrogens with one attached hydrogen (secondary N) is 2. The lowest BCUT2D eigenvalue weighted by atomic mass is 10.0. The van der Waals surface area contributed by atoms with Gasteiger partial charge in [-0.3, -0.25) is 4.79 Å². The first-order valence-corrected chi connectivity index (χ1v) is 7.95. The van der Waals surface area contributed by atoms with Crippen molar-refractivity contribution in [2.75, 3.05) is 0 Å². The molecule has 3 aromatic rings. The van der Waals surface area contributed by atoms with Crippen LogP contribution in [0, 0.1) is 11.6 Å². The minimum atomic E-state index is -1.19. The van der Waals surface area contributed by atoms with E-state index in [0.717, 1.165) is 22.5 Å². The van der Waals surface area contributed by atoms with Crippen LogP contribution in [0.1, 0.15) is 11.1 Å². The fraction of sp³-hybridized carbons (Fsp3) is 0.158. The van der Waals surface area contributed by atoms with Gasteiger partial charge in [-0.05, 0) is 23.3 Å². The van der Waals surface area contributed by atoms with E-state index in [-0.39, 0.29) is 18.4 Å². The summed E-state index contributed by atoms with van der Waals surface area (Å²) in [6, 6.07) is 9.15. The number of amides is 1. The van der Waals surface area contributed by atoms with Crippen LogP contribution in [0.2, 0.25) is 0 Å². The summed E-state index contributed by atoms with van der Waals surface area (Å²) in [4.78, 5) is 26.7. The molecule has 0 unspecified atom stereocenters. The molecule has 26 heavy (non-hydrogen) atoms. The van der Waals surface area contributed by atoms with E-state index in [2.05, 4.69) is 10.3 Å². The van der Waals surface area contributed by atoms with Crippen LogP contribution in [0.25, 0.3) is 10.9 Å². The summed E-state index contributed by atoms with van der Waals surface area (Å²) in [5, 5.41) is 12.7. The number of benzene rings is 2. The summed E-state index contributed by atoms with van der Waals surface area (Å²) in [6.45, 7) is 0. The number of aromatic nitrogens is 1. The maximum atomic E-state index is 13.6. The third kappa shape index (κ3) is 3.88. The molecule has 2 aromatic carbocycles. The Kier molecular flexibility index (Phi) is 4.97. The SMILES string of the molecule is O=C(Cc1ccc(F)cc1F)N[C@@H](Cc1c[nH]c2ccccc12)C(=O)O. The fourth-order valence-electron chi connectivity index (χ4n) is 2.80. The first-order valence-electron chi connectivity index (χ1n) is 7.95. The van der Waals surface area contributed by atoms with E-state index in [1.165, 1.54) is 6.07 Å². The molecule has 0 aliphatic rings. The number of H-pyrrole nitrogens is 1. The molecule has 3 N–H and O–H groups in total. The van der Waals surface area contributed by atoms with Crippen molar-refractivity contribution in [3.8, 4) is 0 Å². The molecular weight excluding hydrogens is 342 g/mol.